The summed E-state index contributed by atoms with van der Waals surface area (Å²) in [5.74, 6) is 0. The fourth-order valence-corrected chi connectivity index (χ4v) is 7.58. The lowest BCUT2D eigenvalue weighted by molar-refractivity contribution is 1.18. The van der Waals surface area contributed by atoms with Gasteiger partial charge in [0.1, 0.15) is 0 Å². The van der Waals surface area contributed by atoms with E-state index in [0.29, 0.717) is 33.8 Å². The number of benzene rings is 7. The summed E-state index contributed by atoms with van der Waals surface area (Å²) in [6.45, 7) is 15.6. The smallest absolute Gasteiger partial charge is 0.190 e. The normalized spacial score (nSPS) is 11.0. The molecular weight excluding hydrogens is 637 g/mol. The zero-order valence-corrected chi connectivity index (χ0v) is 27.5. The molecule has 2 aromatic heterocycles. The highest BCUT2D eigenvalue weighted by Gasteiger charge is 2.22. The van der Waals surface area contributed by atoms with Crippen LogP contribution >= 0.6 is 0 Å². The minimum Gasteiger partial charge on any atom is -0.310 e. The first-order valence-corrected chi connectivity index (χ1v) is 16.6. The third kappa shape index (κ3) is 4.54. The first-order valence-electron chi connectivity index (χ1n) is 16.6. The van der Waals surface area contributed by atoms with E-state index >= 15 is 0 Å². The Kier molecular flexibility index (Phi) is 6.91. The predicted octanol–water partition coefficient (Wildman–Crippen LogP) is 12.1. The predicted molar refractivity (Wildman–Crippen MR) is 208 cm³/mol. The Balaban J connectivity index is 1.28. The van der Waals surface area contributed by atoms with Gasteiger partial charge in [-0.05, 0) is 88.8 Å². The lowest BCUT2D eigenvalue weighted by Gasteiger charge is -2.19. The van der Waals surface area contributed by atoms with Gasteiger partial charge in [-0.25, -0.2) is 9.69 Å². The molecule has 9 rings (SSSR count). The van der Waals surface area contributed by atoms with Gasteiger partial charge in [0.05, 0.1) is 58.5 Å². The van der Waals surface area contributed by atoms with Crippen LogP contribution in [0, 0.1) is 35.8 Å². The number of hydrogen-bond acceptors (Lipinski definition) is 2. The SMILES string of the molecule is [C-]#[N+]c1cc(C#N)c(-c2ccccc2-c2ccc(-n3c4ccccc4c4ccccc43)cc2)c(-n2c3ccc(C#N)cc3c3cc([N+]#[C-])ccc32)c1. The van der Waals surface area contributed by atoms with Crippen LogP contribution in [-0.4, -0.2) is 9.13 Å². The molecule has 0 bridgehead atoms. The molecule has 6 nitrogen and oxygen atoms in total. The summed E-state index contributed by atoms with van der Waals surface area (Å²) >= 11 is 0. The molecule has 0 N–H and O–H groups in total. The Morgan fingerprint density at radius 3 is 1.73 bits per heavy atom. The molecule has 0 fully saturated rings. The zero-order valence-electron chi connectivity index (χ0n) is 27.5. The van der Waals surface area contributed by atoms with E-state index in [4.69, 9.17) is 13.1 Å². The van der Waals surface area contributed by atoms with Crippen molar-refractivity contribution in [3.8, 4) is 45.8 Å². The lowest BCUT2D eigenvalue weighted by Crippen LogP contribution is -2.01. The van der Waals surface area contributed by atoms with Crippen LogP contribution in [0.4, 0.5) is 11.4 Å². The fraction of sp³-hybridized carbons (Fsp3) is 0. The lowest BCUT2D eigenvalue weighted by atomic mass is 9.90. The minimum absolute atomic E-state index is 0.338. The quantitative estimate of drug-likeness (QED) is 0.176. The summed E-state index contributed by atoms with van der Waals surface area (Å²) in [5, 5.41) is 24.4. The van der Waals surface area contributed by atoms with Gasteiger partial charge >= 0.3 is 0 Å². The van der Waals surface area contributed by atoms with Crippen molar-refractivity contribution in [2.45, 2.75) is 0 Å². The largest absolute Gasteiger partial charge is 0.310 e. The van der Waals surface area contributed by atoms with Crippen molar-refractivity contribution in [2.24, 2.45) is 0 Å². The van der Waals surface area contributed by atoms with Crippen LogP contribution in [0.25, 0.3) is 86.9 Å². The van der Waals surface area contributed by atoms with E-state index in [1.54, 1.807) is 18.2 Å². The fourth-order valence-electron chi connectivity index (χ4n) is 7.58. The van der Waals surface area contributed by atoms with E-state index < -0.39 is 0 Å². The van der Waals surface area contributed by atoms with Gasteiger partial charge in [0, 0.05) is 33.1 Å². The van der Waals surface area contributed by atoms with Crippen LogP contribution in [-0.2, 0) is 0 Å². The number of hydrogen-bond donors (Lipinski definition) is 0. The van der Waals surface area contributed by atoms with Gasteiger partial charge in [-0.3, -0.25) is 0 Å². The van der Waals surface area contributed by atoms with Gasteiger partial charge in [0.25, 0.3) is 0 Å². The highest BCUT2D eigenvalue weighted by molar-refractivity contribution is 6.12. The Hall–Kier alpha value is -7.90. The number of nitriles is 2. The third-order valence-electron chi connectivity index (χ3n) is 9.81. The number of nitrogens with zero attached hydrogens (tertiary/aromatic N) is 6. The van der Waals surface area contributed by atoms with Gasteiger partial charge in [0.15, 0.2) is 11.4 Å². The van der Waals surface area contributed by atoms with Gasteiger partial charge < -0.3 is 9.13 Å². The molecule has 0 amide bonds. The van der Waals surface area contributed by atoms with Crippen molar-refractivity contribution >= 4 is 55.0 Å². The van der Waals surface area contributed by atoms with E-state index in [2.05, 4.69) is 105 Å². The second-order valence-electron chi connectivity index (χ2n) is 12.6. The maximum atomic E-state index is 10.6. The number of fused-ring (bicyclic) bond motifs is 6. The van der Waals surface area contributed by atoms with Crippen molar-refractivity contribution in [2.75, 3.05) is 0 Å². The van der Waals surface area contributed by atoms with Crippen molar-refractivity contribution in [1.82, 2.24) is 9.13 Å². The molecular formula is C46H24N6. The first kappa shape index (κ1) is 30.2. The van der Waals surface area contributed by atoms with Crippen LogP contribution in [0.3, 0.4) is 0 Å². The van der Waals surface area contributed by atoms with Crippen molar-refractivity contribution in [3.05, 3.63) is 180 Å². The summed E-state index contributed by atoms with van der Waals surface area (Å²) in [7, 11) is 0. The maximum absolute atomic E-state index is 10.6. The van der Waals surface area contributed by atoms with Crippen molar-refractivity contribution in [1.29, 1.82) is 10.5 Å². The molecule has 0 atom stereocenters. The molecule has 0 saturated carbocycles. The molecule has 2 heterocycles. The van der Waals surface area contributed by atoms with E-state index in [1.807, 2.05) is 53.1 Å². The van der Waals surface area contributed by atoms with Crippen LogP contribution in [0.2, 0.25) is 0 Å². The molecule has 0 aliphatic heterocycles. The zero-order chi connectivity index (χ0) is 35.3. The Bertz CT molecular complexity index is 2990. The molecule has 6 heteroatoms. The summed E-state index contributed by atoms with van der Waals surface area (Å²) in [4.78, 5) is 7.42. The summed E-state index contributed by atoms with van der Waals surface area (Å²) < 4.78 is 4.33. The number of para-hydroxylation sites is 2. The molecule has 7 aromatic carbocycles. The second kappa shape index (κ2) is 11.9. The van der Waals surface area contributed by atoms with E-state index in [-0.39, 0.29) is 0 Å². The van der Waals surface area contributed by atoms with E-state index in [1.165, 1.54) is 10.8 Å². The summed E-state index contributed by atoms with van der Waals surface area (Å²) in [6.07, 6.45) is 0. The molecule has 0 radical (unpaired) electrons. The Labute approximate surface area is 299 Å². The van der Waals surface area contributed by atoms with Crippen LogP contribution in [0.5, 0.6) is 0 Å². The Morgan fingerprint density at radius 2 is 1.08 bits per heavy atom. The molecule has 0 saturated heterocycles. The van der Waals surface area contributed by atoms with Crippen LogP contribution in [0.1, 0.15) is 11.1 Å². The number of rotatable bonds is 4. The van der Waals surface area contributed by atoms with Gasteiger partial charge in [-0.1, -0.05) is 78.9 Å². The van der Waals surface area contributed by atoms with Crippen LogP contribution < -0.4 is 0 Å². The second-order valence-corrected chi connectivity index (χ2v) is 12.6. The summed E-state index contributed by atoms with van der Waals surface area (Å²) in [5.41, 5.74) is 10.7. The highest BCUT2D eigenvalue weighted by atomic mass is 15.0. The molecule has 0 unspecified atom stereocenters. The van der Waals surface area contributed by atoms with Gasteiger partial charge in [0.2, 0.25) is 0 Å². The topological polar surface area (TPSA) is 66.2 Å². The highest BCUT2D eigenvalue weighted by Crippen LogP contribution is 2.44. The third-order valence-corrected chi connectivity index (χ3v) is 9.81. The van der Waals surface area contributed by atoms with E-state index in [0.717, 1.165) is 55.2 Å². The molecule has 0 aliphatic rings. The van der Waals surface area contributed by atoms with Crippen molar-refractivity contribution in [3.63, 3.8) is 0 Å². The van der Waals surface area contributed by atoms with Crippen LogP contribution in [0.15, 0.2) is 146 Å². The van der Waals surface area contributed by atoms with Gasteiger partial charge in [-0.2, -0.15) is 10.5 Å². The number of aromatic nitrogens is 2. The molecule has 238 valence electrons. The van der Waals surface area contributed by atoms with Gasteiger partial charge in [-0.15, -0.1) is 0 Å². The average Bonchev–Trinajstić information content (AvgIpc) is 3.72. The van der Waals surface area contributed by atoms with E-state index in [9.17, 15) is 10.5 Å². The average molecular weight is 661 g/mol. The van der Waals surface area contributed by atoms with Crippen molar-refractivity contribution < 1.29 is 0 Å². The first-order chi connectivity index (χ1) is 25.6. The summed E-state index contributed by atoms with van der Waals surface area (Å²) in [6, 6.07) is 52.5. The molecule has 0 aliphatic carbocycles. The molecule has 9 aromatic rings. The maximum Gasteiger partial charge on any atom is 0.190 e. The monoisotopic (exact) mass is 660 g/mol. The molecule has 0 spiro atoms. The minimum atomic E-state index is 0.338. The Morgan fingerprint density at radius 1 is 0.481 bits per heavy atom. The molecule has 52 heavy (non-hydrogen) atoms. The standard InChI is InChI=1S/C46H24N6/c1-49-32-18-22-44-40(25-32)39-23-29(27-47)15-21-43(39)52(44)45-26-33(50-2)24-31(28-48)46(45)38-12-4-3-9-35(38)30-16-19-34(20-17-30)51-41-13-7-5-10-36(41)37-11-6-8-14-42(37)51/h3-26H.